The Labute approximate surface area is 135 Å². The zero-order chi connectivity index (χ0) is 16.4. The second kappa shape index (κ2) is 6.18. The lowest BCUT2D eigenvalue weighted by molar-refractivity contribution is -0.116. The predicted molar refractivity (Wildman–Crippen MR) is 86.0 cm³/mol. The molecule has 0 saturated carbocycles. The first-order valence-electron chi connectivity index (χ1n) is 6.74. The maximum Gasteiger partial charge on any atom is 0.269 e. The van der Waals surface area contributed by atoms with Gasteiger partial charge in [0.1, 0.15) is 12.4 Å². The Morgan fingerprint density at radius 2 is 2.04 bits per heavy atom. The van der Waals surface area contributed by atoms with Gasteiger partial charge in [0.25, 0.3) is 5.56 Å². The number of halogens is 2. The molecule has 0 spiro atoms. The highest BCUT2D eigenvalue weighted by Crippen LogP contribution is 2.22. The van der Waals surface area contributed by atoms with Gasteiger partial charge in [-0.1, -0.05) is 23.7 Å². The number of anilines is 1. The fourth-order valence-electron chi connectivity index (χ4n) is 2.20. The Kier molecular flexibility index (Phi) is 4.08. The van der Waals surface area contributed by atoms with Crippen LogP contribution in [-0.4, -0.2) is 15.5 Å². The van der Waals surface area contributed by atoms with E-state index in [0.29, 0.717) is 11.0 Å². The molecule has 116 valence electrons. The molecule has 7 heteroatoms. The van der Waals surface area contributed by atoms with Crippen molar-refractivity contribution in [2.24, 2.45) is 0 Å². The molecule has 23 heavy (non-hydrogen) atoms. The van der Waals surface area contributed by atoms with Crippen molar-refractivity contribution in [2.75, 3.05) is 5.32 Å². The van der Waals surface area contributed by atoms with Gasteiger partial charge in [-0.05, 0) is 30.3 Å². The first-order chi connectivity index (χ1) is 11.0. The molecule has 0 aliphatic rings. The van der Waals surface area contributed by atoms with E-state index in [4.69, 9.17) is 11.6 Å². The van der Waals surface area contributed by atoms with E-state index in [2.05, 4.69) is 10.3 Å². The molecule has 1 N–H and O–H groups in total. The molecule has 0 atom stereocenters. The second-order valence-corrected chi connectivity index (χ2v) is 5.25. The monoisotopic (exact) mass is 331 g/mol. The van der Waals surface area contributed by atoms with E-state index in [-0.39, 0.29) is 22.8 Å². The number of hydrogen-bond donors (Lipinski definition) is 1. The van der Waals surface area contributed by atoms with Gasteiger partial charge in [0.05, 0.1) is 27.9 Å². The zero-order valence-electron chi connectivity index (χ0n) is 11.8. The van der Waals surface area contributed by atoms with Crippen molar-refractivity contribution in [3.63, 3.8) is 0 Å². The summed E-state index contributed by atoms with van der Waals surface area (Å²) in [6.45, 7) is -0.199. The highest BCUT2D eigenvalue weighted by molar-refractivity contribution is 6.33. The number of hydrogen-bond acceptors (Lipinski definition) is 3. The summed E-state index contributed by atoms with van der Waals surface area (Å²) >= 11 is 5.87. The van der Waals surface area contributed by atoms with Crippen LogP contribution in [0.4, 0.5) is 10.1 Å². The smallest absolute Gasteiger partial charge is 0.269 e. The van der Waals surface area contributed by atoms with Gasteiger partial charge in [-0.3, -0.25) is 14.2 Å². The standard InChI is InChI=1S/C16H11ClFN3O2/c17-11-7-10(18)5-6-12(11)20-15(22)9-21-14-4-2-1-3-13(14)19-8-16(21)23/h1-8H,9H2,(H,20,22). The molecule has 0 fully saturated rings. The number of rotatable bonds is 3. The van der Waals surface area contributed by atoms with Crippen LogP contribution in [0.3, 0.4) is 0 Å². The Bertz CT molecular complexity index is 955. The van der Waals surface area contributed by atoms with E-state index in [9.17, 15) is 14.0 Å². The van der Waals surface area contributed by atoms with Gasteiger partial charge < -0.3 is 5.32 Å². The Morgan fingerprint density at radius 3 is 2.83 bits per heavy atom. The minimum absolute atomic E-state index is 0.0882. The highest BCUT2D eigenvalue weighted by atomic mass is 35.5. The number of carbonyl (C=O) groups excluding carboxylic acids is 1. The lowest BCUT2D eigenvalue weighted by Gasteiger charge is -2.11. The van der Waals surface area contributed by atoms with Crippen molar-refractivity contribution >= 4 is 34.2 Å². The quantitative estimate of drug-likeness (QED) is 0.802. The van der Waals surface area contributed by atoms with E-state index in [0.717, 1.165) is 6.07 Å². The molecular weight excluding hydrogens is 321 g/mol. The molecule has 1 heterocycles. The van der Waals surface area contributed by atoms with E-state index in [1.807, 2.05) is 0 Å². The summed E-state index contributed by atoms with van der Waals surface area (Å²) in [7, 11) is 0. The molecule has 1 aromatic heterocycles. The third kappa shape index (κ3) is 3.22. The van der Waals surface area contributed by atoms with E-state index < -0.39 is 11.7 Å². The maximum absolute atomic E-state index is 13.0. The van der Waals surface area contributed by atoms with Gasteiger partial charge in [0, 0.05) is 0 Å². The van der Waals surface area contributed by atoms with Gasteiger partial charge in [-0.2, -0.15) is 0 Å². The molecule has 0 bridgehead atoms. The van der Waals surface area contributed by atoms with Crippen molar-refractivity contribution in [1.82, 2.24) is 9.55 Å². The van der Waals surface area contributed by atoms with Crippen LogP contribution in [0.5, 0.6) is 0 Å². The summed E-state index contributed by atoms with van der Waals surface area (Å²) in [5, 5.41) is 2.65. The maximum atomic E-state index is 13.0. The van der Waals surface area contributed by atoms with Crippen LogP contribution >= 0.6 is 11.6 Å². The molecule has 0 unspecified atom stereocenters. The topological polar surface area (TPSA) is 64.0 Å². The number of para-hydroxylation sites is 2. The molecule has 3 rings (SSSR count). The van der Waals surface area contributed by atoms with Crippen LogP contribution in [-0.2, 0) is 11.3 Å². The minimum atomic E-state index is -0.496. The van der Waals surface area contributed by atoms with Gasteiger partial charge in [-0.15, -0.1) is 0 Å². The third-order valence-corrected chi connectivity index (χ3v) is 3.57. The molecule has 0 aliphatic heterocycles. The summed E-state index contributed by atoms with van der Waals surface area (Å²) in [4.78, 5) is 28.2. The van der Waals surface area contributed by atoms with Crippen LogP contribution in [0.15, 0.2) is 53.5 Å². The SMILES string of the molecule is O=C(Cn1c(=O)cnc2ccccc21)Nc1ccc(F)cc1Cl. The average Bonchev–Trinajstić information content (AvgIpc) is 2.53. The van der Waals surface area contributed by atoms with Gasteiger partial charge in [0.2, 0.25) is 5.91 Å². The van der Waals surface area contributed by atoms with Gasteiger partial charge >= 0.3 is 0 Å². The molecule has 1 amide bonds. The molecule has 3 aromatic rings. The van der Waals surface area contributed by atoms with Crippen molar-refractivity contribution in [1.29, 1.82) is 0 Å². The number of amides is 1. The average molecular weight is 332 g/mol. The molecule has 5 nitrogen and oxygen atoms in total. The summed E-state index contributed by atoms with van der Waals surface area (Å²) in [6, 6.07) is 10.7. The zero-order valence-corrected chi connectivity index (χ0v) is 12.5. The number of benzene rings is 2. The molecule has 2 aromatic carbocycles. The first kappa shape index (κ1) is 15.2. The predicted octanol–water partition coefficient (Wildman–Crippen LogP) is 2.83. The summed E-state index contributed by atoms with van der Waals surface area (Å²) in [5.41, 5.74) is 1.06. The number of fused-ring (bicyclic) bond motifs is 1. The van der Waals surface area contributed by atoms with Crippen LogP contribution < -0.4 is 10.9 Å². The van der Waals surface area contributed by atoms with Crippen molar-refractivity contribution < 1.29 is 9.18 Å². The molecular formula is C16H11ClFN3O2. The van der Waals surface area contributed by atoms with Crippen LogP contribution in [0.2, 0.25) is 5.02 Å². The van der Waals surface area contributed by atoms with Crippen LogP contribution in [0.25, 0.3) is 11.0 Å². The van der Waals surface area contributed by atoms with E-state index in [1.54, 1.807) is 24.3 Å². The first-order valence-corrected chi connectivity index (χ1v) is 7.12. The second-order valence-electron chi connectivity index (χ2n) is 4.84. The number of aromatic nitrogens is 2. The minimum Gasteiger partial charge on any atom is -0.323 e. The lowest BCUT2D eigenvalue weighted by atomic mass is 10.3. The molecule has 0 saturated heterocycles. The highest BCUT2D eigenvalue weighted by Gasteiger charge is 2.11. The fourth-order valence-corrected chi connectivity index (χ4v) is 2.42. The van der Waals surface area contributed by atoms with Crippen molar-refractivity contribution in [2.45, 2.75) is 6.54 Å². The molecule has 0 radical (unpaired) electrons. The summed E-state index contributed by atoms with van der Waals surface area (Å²) in [5.74, 6) is -0.943. The van der Waals surface area contributed by atoms with Crippen molar-refractivity contribution in [3.05, 3.63) is 69.9 Å². The van der Waals surface area contributed by atoms with Gasteiger partial charge in [0.15, 0.2) is 0 Å². The van der Waals surface area contributed by atoms with E-state index >= 15 is 0 Å². The number of nitrogens with one attached hydrogen (secondary N) is 1. The number of carbonyl (C=O) groups is 1. The lowest BCUT2D eigenvalue weighted by Crippen LogP contribution is -2.28. The third-order valence-electron chi connectivity index (χ3n) is 3.26. The normalized spacial score (nSPS) is 10.7. The molecule has 0 aliphatic carbocycles. The Hall–Kier alpha value is -2.73. The Morgan fingerprint density at radius 1 is 1.26 bits per heavy atom. The van der Waals surface area contributed by atoms with E-state index in [1.165, 1.54) is 22.9 Å². The van der Waals surface area contributed by atoms with Gasteiger partial charge in [-0.25, -0.2) is 9.37 Å². The largest absolute Gasteiger partial charge is 0.323 e. The van der Waals surface area contributed by atoms with Crippen LogP contribution in [0, 0.1) is 5.82 Å². The van der Waals surface area contributed by atoms with Crippen LogP contribution in [0.1, 0.15) is 0 Å². The van der Waals surface area contributed by atoms with Crippen molar-refractivity contribution in [3.8, 4) is 0 Å². The Balaban J connectivity index is 1.89. The summed E-state index contributed by atoms with van der Waals surface area (Å²) in [6.07, 6.45) is 1.17. The number of nitrogens with zero attached hydrogens (tertiary/aromatic N) is 2. The summed E-state index contributed by atoms with van der Waals surface area (Å²) < 4.78 is 14.3. The fraction of sp³-hybridized carbons (Fsp3) is 0.0625.